The summed E-state index contributed by atoms with van der Waals surface area (Å²) in [6, 6.07) is 13.2. The first-order valence-electron chi connectivity index (χ1n) is 7.58. The van der Waals surface area contributed by atoms with Crippen LogP contribution in [0.4, 0.5) is 0 Å². The molecule has 0 saturated heterocycles. The molecule has 0 radical (unpaired) electrons. The minimum absolute atomic E-state index is 0.217. The number of aliphatic hydroxyl groups is 1. The van der Waals surface area contributed by atoms with Crippen molar-refractivity contribution in [2.75, 3.05) is 0 Å². The second kappa shape index (κ2) is 7.24. The molecule has 124 valence electrons. The summed E-state index contributed by atoms with van der Waals surface area (Å²) in [5.74, 6) is -0.217. The topological polar surface area (TPSA) is 33.1 Å². The van der Waals surface area contributed by atoms with Gasteiger partial charge in [-0.05, 0) is 48.6 Å². The Kier molecular flexibility index (Phi) is 5.26. The van der Waals surface area contributed by atoms with Gasteiger partial charge in [0.25, 0.3) is 0 Å². The normalized spacial score (nSPS) is 15.0. The lowest BCUT2D eigenvalue weighted by Crippen LogP contribution is -2.32. The number of hydrogen-bond acceptors (Lipinski definition) is 3. The van der Waals surface area contributed by atoms with E-state index in [1.165, 1.54) is 4.88 Å². The predicted molar refractivity (Wildman–Crippen MR) is 101 cm³/mol. The van der Waals surface area contributed by atoms with Crippen LogP contribution < -0.4 is 0 Å². The smallest absolute Gasteiger partial charge is 0.0955 e. The van der Waals surface area contributed by atoms with E-state index in [9.17, 15) is 5.11 Å². The predicted octanol–water partition coefficient (Wildman–Crippen LogP) is 5.68. The molecule has 5 heteroatoms. The fourth-order valence-corrected chi connectivity index (χ4v) is 4.18. The highest BCUT2D eigenvalue weighted by Gasteiger charge is 2.36. The van der Waals surface area contributed by atoms with Crippen molar-refractivity contribution >= 4 is 34.5 Å². The zero-order valence-corrected chi connectivity index (χ0v) is 15.4. The lowest BCUT2D eigenvalue weighted by Gasteiger charge is -2.34. The van der Waals surface area contributed by atoms with Gasteiger partial charge in [-0.1, -0.05) is 41.4 Å². The van der Waals surface area contributed by atoms with Crippen molar-refractivity contribution in [2.24, 2.45) is 0 Å². The van der Waals surface area contributed by atoms with Crippen LogP contribution in [0.1, 0.15) is 28.8 Å². The van der Waals surface area contributed by atoms with E-state index in [2.05, 4.69) is 11.1 Å². The number of nitrogens with zero attached hydrogens (tertiary/aromatic N) is 1. The van der Waals surface area contributed by atoms with Gasteiger partial charge in [-0.3, -0.25) is 4.98 Å². The van der Waals surface area contributed by atoms with E-state index < -0.39 is 5.60 Å². The highest BCUT2D eigenvalue weighted by atomic mass is 35.5. The highest BCUT2D eigenvalue weighted by molar-refractivity contribution is 7.09. The highest BCUT2D eigenvalue weighted by Crippen LogP contribution is 2.42. The third-order valence-electron chi connectivity index (χ3n) is 4.25. The van der Waals surface area contributed by atoms with Gasteiger partial charge in [0.2, 0.25) is 0 Å². The monoisotopic (exact) mass is 377 g/mol. The molecular weight excluding hydrogens is 361 g/mol. The molecule has 2 atom stereocenters. The van der Waals surface area contributed by atoms with Gasteiger partial charge in [0.15, 0.2) is 0 Å². The van der Waals surface area contributed by atoms with Crippen molar-refractivity contribution in [3.63, 3.8) is 0 Å². The molecule has 0 saturated carbocycles. The number of pyridine rings is 1. The van der Waals surface area contributed by atoms with E-state index >= 15 is 0 Å². The lowest BCUT2D eigenvalue weighted by molar-refractivity contribution is 0.0262. The quantitative estimate of drug-likeness (QED) is 0.619. The Hall–Kier alpha value is -1.39. The largest absolute Gasteiger partial charge is 0.385 e. The maximum absolute atomic E-state index is 11.4. The molecule has 0 amide bonds. The number of aromatic nitrogens is 1. The molecule has 3 aromatic rings. The average Bonchev–Trinajstić information content (AvgIpc) is 3.07. The van der Waals surface area contributed by atoms with E-state index in [0.717, 1.165) is 11.1 Å². The molecule has 1 N–H and O–H groups in total. The molecule has 3 rings (SSSR count). The Balaban J connectivity index is 2.07. The molecule has 0 aliphatic carbocycles. The lowest BCUT2D eigenvalue weighted by atomic mass is 9.77. The summed E-state index contributed by atoms with van der Waals surface area (Å²) in [6.45, 7) is 1.81. The molecule has 24 heavy (non-hydrogen) atoms. The van der Waals surface area contributed by atoms with Crippen LogP contribution in [0.5, 0.6) is 0 Å². The summed E-state index contributed by atoms with van der Waals surface area (Å²) in [5.41, 5.74) is 0.524. The summed E-state index contributed by atoms with van der Waals surface area (Å²) in [7, 11) is 0. The van der Waals surface area contributed by atoms with Gasteiger partial charge in [0, 0.05) is 38.8 Å². The molecule has 0 fully saturated rings. The van der Waals surface area contributed by atoms with Crippen molar-refractivity contribution in [3.05, 3.63) is 86.3 Å². The van der Waals surface area contributed by atoms with Gasteiger partial charge in [-0.2, -0.15) is 0 Å². The van der Waals surface area contributed by atoms with Crippen LogP contribution in [-0.4, -0.2) is 10.1 Å². The maximum Gasteiger partial charge on any atom is 0.0955 e. The van der Waals surface area contributed by atoms with E-state index in [-0.39, 0.29) is 5.92 Å². The van der Waals surface area contributed by atoms with Gasteiger partial charge >= 0.3 is 0 Å². The van der Waals surface area contributed by atoms with Gasteiger partial charge in [0.05, 0.1) is 5.60 Å². The van der Waals surface area contributed by atoms with E-state index in [4.69, 9.17) is 23.2 Å². The molecule has 0 aliphatic heterocycles. The zero-order chi connectivity index (χ0) is 17.2. The van der Waals surface area contributed by atoms with Crippen LogP contribution in [0.2, 0.25) is 10.0 Å². The minimum atomic E-state index is -1.12. The Morgan fingerprint density at radius 2 is 2.04 bits per heavy atom. The van der Waals surface area contributed by atoms with E-state index in [1.807, 2.05) is 42.6 Å². The van der Waals surface area contributed by atoms with Crippen LogP contribution >= 0.6 is 34.5 Å². The zero-order valence-electron chi connectivity index (χ0n) is 13.1. The van der Waals surface area contributed by atoms with Gasteiger partial charge in [-0.15, -0.1) is 11.3 Å². The molecule has 2 heterocycles. The van der Waals surface area contributed by atoms with Crippen molar-refractivity contribution in [1.82, 2.24) is 4.98 Å². The van der Waals surface area contributed by atoms with Crippen LogP contribution in [0.25, 0.3) is 0 Å². The minimum Gasteiger partial charge on any atom is -0.385 e. The maximum atomic E-state index is 11.4. The fourth-order valence-electron chi connectivity index (χ4n) is 2.89. The first-order valence-corrected chi connectivity index (χ1v) is 9.22. The Bertz CT molecular complexity index is 803. The van der Waals surface area contributed by atoms with Crippen molar-refractivity contribution in [1.29, 1.82) is 0 Å². The molecule has 0 spiro atoms. The van der Waals surface area contributed by atoms with Crippen molar-refractivity contribution in [3.8, 4) is 0 Å². The number of benzene rings is 1. The number of hydrogen-bond donors (Lipinski definition) is 1. The fraction of sp³-hybridized carbons (Fsp3) is 0.211. The summed E-state index contributed by atoms with van der Waals surface area (Å²) >= 11 is 14.2. The first kappa shape index (κ1) is 17.4. The van der Waals surface area contributed by atoms with E-state index in [0.29, 0.717) is 16.5 Å². The average molecular weight is 378 g/mol. The molecule has 1 aromatic carbocycles. The van der Waals surface area contributed by atoms with Crippen LogP contribution in [-0.2, 0) is 12.0 Å². The Labute approximate surface area is 155 Å². The van der Waals surface area contributed by atoms with Crippen molar-refractivity contribution < 1.29 is 5.11 Å². The Morgan fingerprint density at radius 3 is 2.67 bits per heavy atom. The summed E-state index contributed by atoms with van der Waals surface area (Å²) < 4.78 is 0. The van der Waals surface area contributed by atoms with Crippen LogP contribution in [0.3, 0.4) is 0 Å². The number of halogens is 2. The summed E-state index contributed by atoms with van der Waals surface area (Å²) in [6.07, 6.45) is 4.08. The summed E-state index contributed by atoms with van der Waals surface area (Å²) in [5, 5.41) is 14.5. The van der Waals surface area contributed by atoms with Gasteiger partial charge in [-0.25, -0.2) is 0 Å². The second-order valence-corrected chi connectivity index (χ2v) is 7.77. The number of rotatable bonds is 5. The molecule has 2 nitrogen and oxygen atoms in total. The molecule has 0 aliphatic rings. The van der Waals surface area contributed by atoms with Crippen molar-refractivity contribution in [2.45, 2.75) is 24.9 Å². The Morgan fingerprint density at radius 1 is 1.21 bits per heavy atom. The third kappa shape index (κ3) is 3.65. The molecule has 2 aromatic heterocycles. The first-order chi connectivity index (χ1) is 11.5. The standard InChI is InChI=1S/C19H17Cl2NOS/c1-19(23,13-4-2-8-22-12-13)17(11-15-5-3-9-24-15)16-7-6-14(20)10-18(16)21/h2-10,12,17,23H,11H2,1H3. The second-order valence-electron chi connectivity index (χ2n) is 5.89. The third-order valence-corrected chi connectivity index (χ3v) is 5.71. The van der Waals surface area contributed by atoms with Crippen LogP contribution in [0, 0.1) is 0 Å². The van der Waals surface area contributed by atoms with Crippen LogP contribution in [0.15, 0.2) is 60.2 Å². The molecular formula is C19H17Cl2NOS. The SMILES string of the molecule is CC(O)(c1cccnc1)C(Cc1cccs1)c1ccc(Cl)cc1Cl. The van der Waals surface area contributed by atoms with Gasteiger partial charge < -0.3 is 5.11 Å². The summed E-state index contributed by atoms with van der Waals surface area (Å²) in [4.78, 5) is 5.34. The van der Waals surface area contributed by atoms with E-state index in [1.54, 1.807) is 29.8 Å². The molecule has 0 bridgehead atoms. The number of thiophene rings is 1. The molecule has 2 unspecified atom stereocenters. The van der Waals surface area contributed by atoms with Gasteiger partial charge in [0.1, 0.15) is 0 Å².